The van der Waals surface area contributed by atoms with Crippen molar-refractivity contribution in [3.8, 4) is 0 Å². The van der Waals surface area contributed by atoms with Crippen molar-refractivity contribution in [3.05, 3.63) is 29.8 Å². The monoisotopic (exact) mass is 364 g/mol. The molecule has 1 atom stereocenters. The lowest BCUT2D eigenvalue weighted by molar-refractivity contribution is -0.137. The Bertz CT molecular complexity index is 698. The number of piperidine rings is 1. The summed E-state index contributed by atoms with van der Waals surface area (Å²) in [4.78, 5) is 13.3. The Morgan fingerprint density at radius 2 is 1.83 bits per heavy atom. The summed E-state index contributed by atoms with van der Waals surface area (Å²) in [5.74, 6) is -0.370. The minimum atomic E-state index is -4.64. The van der Waals surface area contributed by atoms with Crippen LogP contribution in [0.4, 0.5) is 13.2 Å². The summed E-state index contributed by atoms with van der Waals surface area (Å²) < 4.78 is 64.8. The van der Waals surface area contributed by atoms with Crippen LogP contribution in [-0.4, -0.2) is 38.4 Å². The van der Waals surface area contributed by atoms with Crippen LogP contribution >= 0.6 is 0 Å². The topological polar surface area (TPSA) is 66.5 Å². The highest BCUT2D eigenvalue weighted by Crippen LogP contribution is 2.30. The van der Waals surface area contributed by atoms with Crippen LogP contribution in [0.3, 0.4) is 0 Å². The highest BCUT2D eigenvalue weighted by atomic mass is 32.2. The fourth-order valence-corrected chi connectivity index (χ4v) is 3.82. The minimum Gasteiger partial charge on any atom is -0.341 e. The van der Waals surface area contributed by atoms with Gasteiger partial charge in [-0.15, -0.1) is 0 Å². The fraction of sp³-hybridized carbons (Fsp3) is 0.533. The third kappa shape index (κ3) is 4.47. The zero-order valence-corrected chi connectivity index (χ0v) is 14.0. The summed E-state index contributed by atoms with van der Waals surface area (Å²) >= 11 is 0. The number of sulfonamides is 1. The molecule has 1 aliphatic heterocycles. The maximum atomic E-state index is 12.7. The SMILES string of the molecule is CC(NS(=O)(=O)c1cccc(C(F)(F)F)c1)C(=O)N1CCCCC1. The lowest BCUT2D eigenvalue weighted by atomic mass is 10.1. The van der Waals surface area contributed by atoms with Gasteiger partial charge < -0.3 is 4.90 Å². The number of benzene rings is 1. The van der Waals surface area contributed by atoms with Gasteiger partial charge in [0.25, 0.3) is 0 Å². The Morgan fingerprint density at radius 1 is 1.21 bits per heavy atom. The number of rotatable bonds is 4. The number of halogens is 3. The number of hydrogen-bond donors (Lipinski definition) is 1. The van der Waals surface area contributed by atoms with Crippen LogP contribution in [-0.2, 0) is 21.0 Å². The molecule has 1 heterocycles. The Balaban J connectivity index is 2.14. The van der Waals surface area contributed by atoms with Gasteiger partial charge in [-0.2, -0.15) is 17.9 Å². The second-order valence-electron chi connectivity index (χ2n) is 5.75. The number of hydrogen-bond acceptors (Lipinski definition) is 3. The fourth-order valence-electron chi connectivity index (χ4n) is 2.58. The Kier molecular flexibility index (Phi) is 5.54. The molecule has 0 aromatic heterocycles. The zero-order chi connectivity index (χ0) is 18.0. The van der Waals surface area contributed by atoms with Gasteiger partial charge in [0, 0.05) is 13.1 Å². The molecule has 2 rings (SSSR count). The van der Waals surface area contributed by atoms with Crippen LogP contribution in [0.1, 0.15) is 31.7 Å². The summed E-state index contributed by atoms with van der Waals surface area (Å²) in [5.41, 5.74) is -1.06. The summed E-state index contributed by atoms with van der Waals surface area (Å²) in [6, 6.07) is 2.40. The Labute approximate surface area is 138 Å². The molecule has 0 bridgehead atoms. The number of amides is 1. The molecule has 24 heavy (non-hydrogen) atoms. The molecule has 134 valence electrons. The first-order valence-electron chi connectivity index (χ1n) is 7.59. The number of nitrogens with one attached hydrogen (secondary N) is 1. The molecule has 1 saturated heterocycles. The van der Waals surface area contributed by atoms with Crippen molar-refractivity contribution in [1.82, 2.24) is 9.62 Å². The van der Waals surface area contributed by atoms with Crippen molar-refractivity contribution < 1.29 is 26.4 Å². The zero-order valence-electron chi connectivity index (χ0n) is 13.1. The van der Waals surface area contributed by atoms with Crippen LogP contribution in [0.2, 0.25) is 0 Å². The third-order valence-electron chi connectivity index (χ3n) is 3.84. The first kappa shape index (κ1) is 18.7. The summed E-state index contributed by atoms with van der Waals surface area (Å²) in [6.07, 6.45) is -1.90. The van der Waals surface area contributed by atoms with Crippen molar-refractivity contribution in [2.24, 2.45) is 0 Å². The molecule has 0 aliphatic carbocycles. The van der Waals surface area contributed by atoms with Gasteiger partial charge in [-0.3, -0.25) is 4.79 Å². The normalized spacial score (nSPS) is 17.6. The van der Waals surface area contributed by atoms with Gasteiger partial charge in [-0.1, -0.05) is 6.07 Å². The molecule has 0 radical (unpaired) electrons. The number of nitrogens with zero attached hydrogens (tertiary/aromatic N) is 1. The van der Waals surface area contributed by atoms with Gasteiger partial charge in [0.2, 0.25) is 15.9 Å². The molecule has 1 amide bonds. The summed E-state index contributed by atoms with van der Waals surface area (Å²) in [6.45, 7) is 2.52. The van der Waals surface area contributed by atoms with Gasteiger partial charge in [0.1, 0.15) is 0 Å². The van der Waals surface area contributed by atoms with Crippen molar-refractivity contribution in [1.29, 1.82) is 0 Å². The van der Waals surface area contributed by atoms with E-state index in [0.717, 1.165) is 37.5 Å². The van der Waals surface area contributed by atoms with Gasteiger partial charge in [0.05, 0.1) is 16.5 Å². The van der Waals surface area contributed by atoms with Crippen molar-refractivity contribution in [3.63, 3.8) is 0 Å². The summed E-state index contributed by atoms with van der Waals surface area (Å²) in [7, 11) is -4.22. The van der Waals surface area contributed by atoms with Gasteiger partial charge >= 0.3 is 6.18 Å². The second kappa shape index (κ2) is 7.10. The van der Waals surface area contributed by atoms with E-state index in [0.29, 0.717) is 19.2 Å². The standard InChI is InChI=1S/C15H19F3N2O3S/c1-11(14(21)20-8-3-2-4-9-20)19-24(22,23)13-7-5-6-12(10-13)15(16,17)18/h5-7,10-11,19H,2-4,8-9H2,1H3. The smallest absolute Gasteiger partial charge is 0.341 e. The van der Waals surface area contributed by atoms with E-state index in [2.05, 4.69) is 4.72 Å². The second-order valence-corrected chi connectivity index (χ2v) is 7.47. The molecule has 0 spiro atoms. The quantitative estimate of drug-likeness (QED) is 0.892. The maximum Gasteiger partial charge on any atom is 0.416 e. The van der Waals surface area contributed by atoms with Crippen molar-refractivity contribution in [2.75, 3.05) is 13.1 Å². The first-order chi connectivity index (χ1) is 11.1. The van der Waals surface area contributed by atoms with Crippen LogP contribution in [0, 0.1) is 0 Å². The first-order valence-corrected chi connectivity index (χ1v) is 9.08. The predicted molar refractivity (Wildman–Crippen MR) is 81.7 cm³/mol. The van der Waals surface area contributed by atoms with Crippen LogP contribution < -0.4 is 4.72 Å². The molecule has 1 aliphatic rings. The van der Waals surface area contributed by atoms with Crippen LogP contribution in [0.5, 0.6) is 0 Å². The van der Waals surface area contributed by atoms with Gasteiger partial charge in [0.15, 0.2) is 0 Å². The van der Waals surface area contributed by atoms with Crippen LogP contribution in [0.15, 0.2) is 29.2 Å². The number of alkyl halides is 3. The summed E-state index contributed by atoms with van der Waals surface area (Å²) in [5, 5.41) is 0. The van der Waals surface area contributed by atoms with E-state index in [9.17, 15) is 26.4 Å². The van der Waals surface area contributed by atoms with Crippen molar-refractivity contribution >= 4 is 15.9 Å². The average molecular weight is 364 g/mol. The van der Waals surface area contributed by atoms with E-state index in [1.54, 1.807) is 4.90 Å². The van der Waals surface area contributed by atoms with E-state index in [1.807, 2.05) is 0 Å². The third-order valence-corrected chi connectivity index (χ3v) is 5.38. The van der Waals surface area contributed by atoms with Crippen LogP contribution in [0.25, 0.3) is 0 Å². The van der Waals surface area contributed by atoms with Gasteiger partial charge in [-0.05, 0) is 44.4 Å². The maximum absolute atomic E-state index is 12.7. The molecule has 0 saturated carbocycles. The molecule has 1 unspecified atom stereocenters. The largest absolute Gasteiger partial charge is 0.416 e. The van der Waals surface area contributed by atoms with Gasteiger partial charge in [-0.25, -0.2) is 8.42 Å². The molecule has 1 N–H and O–H groups in total. The predicted octanol–water partition coefficient (Wildman–Crippen LogP) is 2.38. The lowest BCUT2D eigenvalue weighted by Gasteiger charge is -2.29. The number of likely N-dealkylation sites (tertiary alicyclic amines) is 1. The Morgan fingerprint density at radius 3 is 2.42 bits per heavy atom. The molecule has 5 nitrogen and oxygen atoms in total. The highest BCUT2D eigenvalue weighted by Gasteiger charge is 2.32. The molecular weight excluding hydrogens is 345 g/mol. The molecule has 1 fully saturated rings. The van der Waals surface area contributed by atoms with Crippen molar-refractivity contribution in [2.45, 2.75) is 43.3 Å². The Hall–Kier alpha value is -1.61. The molecule has 1 aromatic carbocycles. The molecular formula is C15H19F3N2O3S. The number of carbonyl (C=O) groups excluding carboxylic acids is 1. The van der Waals surface area contributed by atoms with E-state index in [4.69, 9.17) is 0 Å². The highest BCUT2D eigenvalue weighted by molar-refractivity contribution is 7.89. The van der Waals surface area contributed by atoms with E-state index in [1.165, 1.54) is 6.92 Å². The van der Waals surface area contributed by atoms with E-state index in [-0.39, 0.29) is 5.91 Å². The van der Waals surface area contributed by atoms with E-state index >= 15 is 0 Å². The minimum absolute atomic E-state index is 0.370. The number of carbonyl (C=O) groups is 1. The van der Waals surface area contributed by atoms with E-state index < -0.39 is 32.7 Å². The lowest BCUT2D eigenvalue weighted by Crippen LogP contribution is -2.48. The molecule has 1 aromatic rings. The average Bonchev–Trinajstić information content (AvgIpc) is 2.54. The molecule has 9 heteroatoms.